The predicted octanol–water partition coefficient (Wildman–Crippen LogP) is 9.09. The van der Waals surface area contributed by atoms with E-state index in [1.165, 1.54) is 10.3 Å². The second kappa shape index (κ2) is 18.1. The summed E-state index contributed by atoms with van der Waals surface area (Å²) < 4.78 is 1.30. The van der Waals surface area contributed by atoms with Gasteiger partial charge in [-0.2, -0.15) is 4.73 Å². The first-order valence-corrected chi connectivity index (χ1v) is 22.7. The number of benzene rings is 4. The summed E-state index contributed by atoms with van der Waals surface area (Å²) in [6.45, 7) is 9.80. The van der Waals surface area contributed by atoms with E-state index >= 15 is 0 Å². The van der Waals surface area contributed by atoms with Gasteiger partial charge in [-0.05, 0) is 98.0 Å². The molecule has 0 unspecified atom stereocenters. The Morgan fingerprint density at radius 3 is 2.11 bits per heavy atom. The van der Waals surface area contributed by atoms with Gasteiger partial charge < -0.3 is 25.3 Å². The van der Waals surface area contributed by atoms with Crippen molar-refractivity contribution in [2.75, 3.05) is 32.7 Å². The second-order valence-electron chi connectivity index (χ2n) is 16.9. The molecule has 9 rings (SSSR count). The van der Waals surface area contributed by atoms with Crippen molar-refractivity contribution in [3.8, 4) is 33.6 Å². The van der Waals surface area contributed by atoms with Gasteiger partial charge in [0.1, 0.15) is 17.9 Å². The first-order chi connectivity index (χ1) is 30.4. The average Bonchev–Trinajstić information content (AvgIpc) is 4.14. The van der Waals surface area contributed by atoms with Crippen LogP contribution in [0.3, 0.4) is 0 Å². The van der Waals surface area contributed by atoms with Crippen LogP contribution in [0.25, 0.3) is 33.6 Å². The maximum Gasteiger partial charge on any atom is 0.245 e. The zero-order chi connectivity index (χ0) is 42.7. The number of rotatable bonds is 13. The lowest BCUT2D eigenvalue weighted by molar-refractivity contribution is -0.138. The number of carbonyl (C=O) groups excluding carboxylic acids is 2. The summed E-state index contributed by atoms with van der Waals surface area (Å²) in [6, 6.07) is 34.0. The fraction of sp³-hybridized carbons (Fsp3) is 0.373. The van der Waals surface area contributed by atoms with Crippen LogP contribution in [0.1, 0.15) is 111 Å². The quantitative estimate of drug-likeness (QED) is 0.0994. The summed E-state index contributed by atoms with van der Waals surface area (Å²) in [7, 11) is 0. The molecular weight excluding hydrogens is 773 g/mol. The lowest BCUT2D eigenvalue weighted by Gasteiger charge is -2.34. The Labute approximate surface area is 364 Å². The van der Waals surface area contributed by atoms with E-state index in [1.54, 1.807) is 0 Å². The minimum atomic E-state index is -0.390. The van der Waals surface area contributed by atoms with E-state index in [9.17, 15) is 14.8 Å². The van der Waals surface area contributed by atoms with Gasteiger partial charge in [0.15, 0.2) is 5.82 Å². The molecule has 4 heterocycles. The standard InChI is InChI=1S/C51H58N8O3/c1-4-52-45(36-16-9-7-10-17-36)50(60)57-30-14-22-43(57)48-53-33-41(54-48)35-26-24-34(25-27-35)38-28-29-40-39(32-38)20-13-21-42-46(40)55-49(59(42)62)44-23-15-31-58(44)51(61)47(56(5-2)6-3)37-18-11-8-12-19-37/h7-12,16-19,24-29,32-33,43-45,47,52,62H,4-6,13-15,20-23,30-31H2,1-3H3,(H,53,54)/t43-,44-,45+,47+/m0/s1. The molecule has 0 bridgehead atoms. The minimum Gasteiger partial charge on any atom is -0.427 e. The highest BCUT2D eigenvalue weighted by Crippen LogP contribution is 2.41. The predicted molar refractivity (Wildman–Crippen MR) is 242 cm³/mol. The number of likely N-dealkylation sites (tertiary alicyclic amines) is 2. The van der Waals surface area contributed by atoms with Crippen LogP contribution in [-0.2, 0) is 22.4 Å². The van der Waals surface area contributed by atoms with E-state index in [2.05, 4.69) is 71.5 Å². The fourth-order valence-electron chi connectivity index (χ4n) is 10.1. The summed E-state index contributed by atoms with van der Waals surface area (Å²) in [5, 5.41) is 15.2. The Kier molecular flexibility index (Phi) is 12.1. The molecule has 2 saturated heterocycles. The maximum absolute atomic E-state index is 14.5. The first-order valence-electron chi connectivity index (χ1n) is 22.7. The van der Waals surface area contributed by atoms with Crippen molar-refractivity contribution in [2.45, 2.75) is 89.9 Å². The monoisotopic (exact) mass is 830 g/mol. The molecule has 3 aliphatic rings. The van der Waals surface area contributed by atoms with Crippen LogP contribution in [0.5, 0.6) is 0 Å². The minimum absolute atomic E-state index is 0.0642. The number of nitrogens with zero attached hydrogens (tertiary/aromatic N) is 6. The third-order valence-corrected chi connectivity index (χ3v) is 13.3. The molecule has 3 N–H and O–H groups in total. The molecule has 6 aromatic rings. The Morgan fingerprint density at radius 1 is 0.774 bits per heavy atom. The van der Waals surface area contributed by atoms with Crippen molar-refractivity contribution in [3.05, 3.63) is 143 Å². The number of fused-ring (bicyclic) bond motifs is 3. The molecule has 0 spiro atoms. The van der Waals surface area contributed by atoms with Crippen molar-refractivity contribution in [2.24, 2.45) is 0 Å². The number of amides is 2. The molecule has 4 atom stereocenters. The van der Waals surface area contributed by atoms with E-state index in [-0.39, 0.29) is 29.9 Å². The van der Waals surface area contributed by atoms with Crippen LogP contribution in [0.15, 0.2) is 109 Å². The van der Waals surface area contributed by atoms with Crippen molar-refractivity contribution in [1.82, 2.24) is 39.7 Å². The lowest BCUT2D eigenvalue weighted by Crippen LogP contribution is -2.43. The fourth-order valence-corrected chi connectivity index (χ4v) is 10.1. The average molecular weight is 831 g/mol. The van der Waals surface area contributed by atoms with Crippen LogP contribution in [-0.4, -0.2) is 84.1 Å². The third kappa shape index (κ3) is 7.84. The van der Waals surface area contributed by atoms with Gasteiger partial charge in [-0.25, -0.2) is 9.97 Å². The van der Waals surface area contributed by atoms with Crippen LogP contribution in [0.2, 0.25) is 0 Å². The van der Waals surface area contributed by atoms with Gasteiger partial charge in [0.05, 0.1) is 35.4 Å². The summed E-state index contributed by atoms with van der Waals surface area (Å²) in [5.41, 5.74) is 10.0. The molecule has 4 aromatic carbocycles. The van der Waals surface area contributed by atoms with Gasteiger partial charge in [-0.15, -0.1) is 0 Å². The molecule has 2 amide bonds. The molecule has 11 nitrogen and oxygen atoms in total. The molecule has 2 aromatic heterocycles. The molecule has 1 aliphatic carbocycles. The topological polar surface area (TPSA) is 123 Å². The Hall–Kier alpha value is -6.04. The van der Waals surface area contributed by atoms with Crippen LogP contribution in [0.4, 0.5) is 0 Å². The number of aromatic nitrogens is 4. The highest BCUT2D eigenvalue weighted by molar-refractivity contribution is 5.85. The molecule has 0 radical (unpaired) electrons. The van der Waals surface area contributed by atoms with Gasteiger partial charge in [0, 0.05) is 18.7 Å². The molecule has 62 heavy (non-hydrogen) atoms. The van der Waals surface area contributed by atoms with Crippen molar-refractivity contribution < 1.29 is 14.8 Å². The number of hydrogen-bond donors (Lipinski definition) is 3. The first kappa shape index (κ1) is 41.3. The van der Waals surface area contributed by atoms with E-state index in [4.69, 9.17) is 9.97 Å². The highest BCUT2D eigenvalue weighted by Gasteiger charge is 2.40. The number of imidazole rings is 2. The van der Waals surface area contributed by atoms with Gasteiger partial charge in [0.25, 0.3) is 0 Å². The van der Waals surface area contributed by atoms with Crippen LogP contribution >= 0.6 is 0 Å². The van der Waals surface area contributed by atoms with Gasteiger partial charge >= 0.3 is 0 Å². The molecule has 2 aliphatic heterocycles. The molecule has 11 heteroatoms. The zero-order valence-electron chi connectivity index (χ0n) is 36.1. The summed E-state index contributed by atoms with van der Waals surface area (Å²) >= 11 is 0. The van der Waals surface area contributed by atoms with Crippen molar-refractivity contribution in [1.29, 1.82) is 0 Å². The maximum atomic E-state index is 14.5. The number of H-pyrrole nitrogens is 1. The highest BCUT2D eigenvalue weighted by atomic mass is 16.5. The number of aryl methyl sites for hydroxylation is 1. The second-order valence-corrected chi connectivity index (χ2v) is 16.9. The summed E-state index contributed by atoms with van der Waals surface area (Å²) in [6.07, 6.45) is 7.77. The number of hydrogen-bond acceptors (Lipinski definition) is 7. The number of likely N-dealkylation sites (N-methyl/N-ethyl adjacent to an activating group) is 2. The van der Waals surface area contributed by atoms with E-state index in [0.717, 1.165) is 108 Å². The van der Waals surface area contributed by atoms with Gasteiger partial charge in [-0.3, -0.25) is 14.5 Å². The van der Waals surface area contributed by atoms with Crippen LogP contribution in [0, 0.1) is 0 Å². The Morgan fingerprint density at radius 2 is 1.42 bits per heavy atom. The summed E-state index contributed by atoms with van der Waals surface area (Å²) in [5.74, 6) is 1.52. The van der Waals surface area contributed by atoms with E-state index in [1.807, 2.05) is 83.6 Å². The van der Waals surface area contributed by atoms with Gasteiger partial charge in [-0.1, -0.05) is 124 Å². The van der Waals surface area contributed by atoms with E-state index in [0.29, 0.717) is 31.9 Å². The largest absolute Gasteiger partial charge is 0.427 e. The van der Waals surface area contributed by atoms with E-state index < -0.39 is 6.04 Å². The molecule has 320 valence electrons. The molecule has 0 saturated carbocycles. The lowest BCUT2D eigenvalue weighted by atomic mass is 9.95. The smallest absolute Gasteiger partial charge is 0.245 e. The third-order valence-electron chi connectivity index (χ3n) is 13.3. The van der Waals surface area contributed by atoms with Crippen molar-refractivity contribution in [3.63, 3.8) is 0 Å². The zero-order valence-corrected chi connectivity index (χ0v) is 36.1. The SMILES string of the molecule is CCN[C@@H](C(=O)N1CCC[C@H]1c1ncc(-c2ccc(-c3ccc4c(c3)CCCc3c-4nc([C@@H]4CCCN4C(=O)[C@@H](c4ccccc4)N(CC)CC)n3O)cc2)[nH]1)c1ccccc1. The summed E-state index contributed by atoms with van der Waals surface area (Å²) in [4.78, 5) is 48.1. The van der Waals surface area contributed by atoms with Gasteiger partial charge in [0.2, 0.25) is 11.8 Å². The van der Waals surface area contributed by atoms with Crippen LogP contribution < -0.4 is 5.32 Å². The number of carbonyl (C=O) groups is 2. The Balaban J connectivity index is 0.928. The molecule has 2 fully saturated rings. The number of nitrogens with one attached hydrogen (secondary N) is 2. The normalized spacial score (nSPS) is 18.4. The Bertz CT molecular complexity index is 2490. The van der Waals surface area contributed by atoms with Crippen molar-refractivity contribution >= 4 is 11.8 Å². The molecular formula is C51H58N8O3. The number of aromatic amines is 1.